The number of hydrogen-bond acceptors (Lipinski definition) is 4. The Hall–Kier alpha value is -2.92. The van der Waals surface area contributed by atoms with Gasteiger partial charge in [0.15, 0.2) is 0 Å². The summed E-state index contributed by atoms with van der Waals surface area (Å²) < 4.78 is 0. The standard InChI is InChI=1S/C20H19ClN4O/c1-3-14-6-4-5-13(2)19(14)25-18-12-22-17(11-23-18)20(26)24-16-9-7-15(21)8-10-16/h4-12H,3H2,1-2H3,(H,23,25)(H,24,26). The van der Waals surface area contributed by atoms with Crippen LogP contribution in [0.2, 0.25) is 5.02 Å². The van der Waals surface area contributed by atoms with Crippen LogP contribution in [0.1, 0.15) is 28.5 Å². The van der Waals surface area contributed by atoms with E-state index in [1.54, 1.807) is 30.5 Å². The Bertz CT molecular complexity index is 908. The Kier molecular flexibility index (Phi) is 5.49. The summed E-state index contributed by atoms with van der Waals surface area (Å²) in [6.45, 7) is 4.15. The number of benzene rings is 2. The molecule has 26 heavy (non-hydrogen) atoms. The van der Waals surface area contributed by atoms with Crippen molar-refractivity contribution in [3.8, 4) is 0 Å². The molecule has 0 fully saturated rings. The van der Waals surface area contributed by atoms with Crippen LogP contribution in [0.3, 0.4) is 0 Å². The summed E-state index contributed by atoms with van der Waals surface area (Å²) in [7, 11) is 0. The monoisotopic (exact) mass is 366 g/mol. The molecule has 1 amide bonds. The first-order chi connectivity index (χ1) is 12.6. The molecule has 3 aromatic rings. The number of aryl methyl sites for hydroxylation is 2. The van der Waals surface area contributed by atoms with Crippen LogP contribution in [-0.2, 0) is 6.42 Å². The van der Waals surface area contributed by atoms with Crippen molar-refractivity contribution in [2.45, 2.75) is 20.3 Å². The van der Waals surface area contributed by atoms with E-state index in [1.807, 2.05) is 19.1 Å². The van der Waals surface area contributed by atoms with Gasteiger partial charge in [-0.05, 0) is 48.7 Å². The average molecular weight is 367 g/mol. The maximum atomic E-state index is 12.3. The SMILES string of the molecule is CCc1cccc(C)c1Nc1cnc(C(=O)Nc2ccc(Cl)cc2)cn1. The summed E-state index contributed by atoms with van der Waals surface area (Å²) in [5.41, 5.74) is 4.26. The quantitative estimate of drug-likeness (QED) is 0.667. The summed E-state index contributed by atoms with van der Waals surface area (Å²) in [4.78, 5) is 20.8. The molecule has 132 valence electrons. The minimum Gasteiger partial charge on any atom is -0.339 e. The molecular weight excluding hydrogens is 348 g/mol. The zero-order valence-electron chi connectivity index (χ0n) is 14.6. The van der Waals surface area contributed by atoms with Crippen LogP contribution < -0.4 is 10.6 Å². The van der Waals surface area contributed by atoms with Gasteiger partial charge in [-0.15, -0.1) is 0 Å². The first-order valence-corrected chi connectivity index (χ1v) is 8.69. The molecule has 0 saturated heterocycles. The van der Waals surface area contributed by atoms with E-state index in [0.717, 1.165) is 17.7 Å². The molecule has 0 saturated carbocycles. The maximum absolute atomic E-state index is 12.3. The normalized spacial score (nSPS) is 10.4. The highest BCUT2D eigenvalue weighted by Gasteiger charge is 2.10. The molecule has 0 aliphatic heterocycles. The van der Waals surface area contributed by atoms with Crippen molar-refractivity contribution < 1.29 is 4.79 Å². The molecular formula is C20H19ClN4O. The van der Waals surface area contributed by atoms with Gasteiger partial charge in [-0.3, -0.25) is 4.79 Å². The predicted octanol–water partition coefficient (Wildman–Crippen LogP) is 5.00. The van der Waals surface area contributed by atoms with E-state index < -0.39 is 0 Å². The Morgan fingerprint density at radius 1 is 1.08 bits per heavy atom. The van der Waals surface area contributed by atoms with Crippen molar-refractivity contribution in [2.24, 2.45) is 0 Å². The molecule has 0 aliphatic carbocycles. The second kappa shape index (κ2) is 7.97. The molecule has 1 heterocycles. The third kappa shape index (κ3) is 4.18. The Morgan fingerprint density at radius 3 is 2.50 bits per heavy atom. The van der Waals surface area contributed by atoms with E-state index in [-0.39, 0.29) is 11.6 Å². The number of nitrogens with one attached hydrogen (secondary N) is 2. The van der Waals surface area contributed by atoms with Crippen molar-refractivity contribution in [1.82, 2.24) is 9.97 Å². The zero-order chi connectivity index (χ0) is 18.5. The van der Waals surface area contributed by atoms with Gasteiger partial charge in [0.05, 0.1) is 12.4 Å². The second-order valence-corrected chi connectivity index (χ2v) is 6.27. The molecule has 5 nitrogen and oxygen atoms in total. The smallest absolute Gasteiger partial charge is 0.275 e. The first kappa shape index (κ1) is 17.9. The third-order valence-electron chi connectivity index (χ3n) is 3.98. The highest BCUT2D eigenvalue weighted by atomic mass is 35.5. The maximum Gasteiger partial charge on any atom is 0.275 e. The molecule has 0 atom stereocenters. The fraction of sp³-hybridized carbons (Fsp3) is 0.150. The first-order valence-electron chi connectivity index (χ1n) is 8.31. The zero-order valence-corrected chi connectivity index (χ0v) is 15.3. The molecule has 3 rings (SSSR count). The summed E-state index contributed by atoms with van der Waals surface area (Å²) in [6.07, 6.45) is 3.93. The van der Waals surface area contributed by atoms with Gasteiger partial charge in [-0.25, -0.2) is 9.97 Å². The largest absolute Gasteiger partial charge is 0.339 e. The van der Waals surface area contributed by atoms with Gasteiger partial charge >= 0.3 is 0 Å². The molecule has 2 N–H and O–H groups in total. The second-order valence-electron chi connectivity index (χ2n) is 5.84. The lowest BCUT2D eigenvalue weighted by atomic mass is 10.1. The minimum atomic E-state index is -0.323. The van der Waals surface area contributed by atoms with Crippen molar-refractivity contribution in [2.75, 3.05) is 10.6 Å². The van der Waals surface area contributed by atoms with E-state index in [1.165, 1.54) is 11.8 Å². The van der Waals surface area contributed by atoms with Crippen molar-refractivity contribution in [3.05, 3.63) is 76.7 Å². The van der Waals surface area contributed by atoms with Gasteiger partial charge in [0.1, 0.15) is 11.5 Å². The summed E-state index contributed by atoms with van der Waals surface area (Å²) in [6, 6.07) is 13.0. The number of carbonyl (C=O) groups is 1. The summed E-state index contributed by atoms with van der Waals surface area (Å²) in [5, 5.41) is 6.67. The lowest BCUT2D eigenvalue weighted by Gasteiger charge is -2.13. The number of para-hydroxylation sites is 1. The summed E-state index contributed by atoms with van der Waals surface area (Å²) in [5.74, 6) is 0.272. The third-order valence-corrected chi connectivity index (χ3v) is 4.23. The number of amides is 1. The number of nitrogens with zero attached hydrogens (tertiary/aromatic N) is 2. The molecule has 0 radical (unpaired) electrons. The fourth-order valence-electron chi connectivity index (χ4n) is 2.57. The highest BCUT2D eigenvalue weighted by molar-refractivity contribution is 6.30. The number of halogens is 1. The molecule has 0 aliphatic rings. The lowest BCUT2D eigenvalue weighted by Crippen LogP contribution is -2.14. The van der Waals surface area contributed by atoms with Crippen molar-refractivity contribution in [1.29, 1.82) is 0 Å². The minimum absolute atomic E-state index is 0.242. The van der Waals surface area contributed by atoms with Crippen LogP contribution in [-0.4, -0.2) is 15.9 Å². The van der Waals surface area contributed by atoms with Gasteiger partial charge in [0.25, 0.3) is 5.91 Å². The van der Waals surface area contributed by atoms with Gasteiger partial charge in [0.2, 0.25) is 0 Å². The fourth-order valence-corrected chi connectivity index (χ4v) is 2.69. The van der Waals surface area contributed by atoms with Gasteiger partial charge in [0, 0.05) is 16.4 Å². The van der Waals surface area contributed by atoms with Crippen LogP contribution >= 0.6 is 11.6 Å². The number of hydrogen-bond donors (Lipinski definition) is 2. The van der Waals surface area contributed by atoms with Gasteiger partial charge in [-0.1, -0.05) is 36.7 Å². The molecule has 1 aromatic heterocycles. The van der Waals surface area contributed by atoms with E-state index in [4.69, 9.17) is 11.6 Å². The van der Waals surface area contributed by atoms with Crippen LogP contribution in [0.4, 0.5) is 17.2 Å². The van der Waals surface area contributed by atoms with E-state index in [0.29, 0.717) is 16.5 Å². The van der Waals surface area contributed by atoms with Crippen LogP contribution in [0.15, 0.2) is 54.9 Å². The predicted molar refractivity (Wildman–Crippen MR) is 105 cm³/mol. The average Bonchev–Trinajstić information content (AvgIpc) is 2.65. The molecule has 0 bridgehead atoms. The van der Waals surface area contributed by atoms with Crippen LogP contribution in [0, 0.1) is 6.92 Å². The van der Waals surface area contributed by atoms with E-state index in [2.05, 4.69) is 33.6 Å². The number of rotatable bonds is 5. The van der Waals surface area contributed by atoms with Gasteiger partial charge in [-0.2, -0.15) is 0 Å². The number of aromatic nitrogens is 2. The summed E-state index contributed by atoms with van der Waals surface area (Å²) >= 11 is 5.84. The van der Waals surface area contributed by atoms with Crippen LogP contribution in [0.5, 0.6) is 0 Å². The molecule has 0 spiro atoms. The van der Waals surface area contributed by atoms with E-state index in [9.17, 15) is 4.79 Å². The number of carbonyl (C=O) groups excluding carboxylic acids is 1. The Morgan fingerprint density at radius 2 is 1.85 bits per heavy atom. The van der Waals surface area contributed by atoms with Crippen LogP contribution in [0.25, 0.3) is 0 Å². The lowest BCUT2D eigenvalue weighted by molar-refractivity contribution is 0.102. The molecule has 6 heteroatoms. The van der Waals surface area contributed by atoms with Crippen molar-refractivity contribution >= 4 is 34.7 Å². The molecule has 0 unspecified atom stereocenters. The molecule has 2 aromatic carbocycles. The van der Waals surface area contributed by atoms with Gasteiger partial charge < -0.3 is 10.6 Å². The number of anilines is 3. The Balaban J connectivity index is 1.72. The van der Waals surface area contributed by atoms with Crippen molar-refractivity contribution in [3.63, 3.8) is 0 Å². The topological polar surface area (TPSA) is 66.9 Å². The Labute approximate surface area is 157 Å². The van der Waals surface area contributed by atoms with E-state index >= 15 is 0 Å². The highest BCUT2D eigenvalue weighted by Crippen LogP contribution is 2.24.